The van der Waals surface area contributed by atoms with Crippen LogP contribution in [0.25, 0.3) is 10.8 Å². The molecule has 2 aliphatic heterocycles. The van der Waals surface area contributed by atoms with Crippen LogP contribution in [0.5, 0.6) is 0 Å². The quantitative estimate of drug-likeness (QED) is 0.105. The SMILES string of the molecule is CCCN1/C(=C\C=C\C2=[N+](CCC)c3ccc4ccccc4c3C2(C)C)C(C)(C)c2cc(SOON(C)C)ccc21. The number of anilines is 1. The Morgan fingerprint density at radius 3 is 2.46 bits per heavy atom. The van der Waals surface area contributed by atoms with Gasteiger partial charge in [-0.2, -0.15) is 9.64 Å². The minimum atomic E-state index is -0.147. The summed E-state index contributed by atoms with van der Waals surface area (Å²) in [7, 11) is 3.60. The van der Waals surface area contributed by atoms with Crippen LogP contribution in [0.2, 0.25) is 0 Å². The van der Waals surface area contributed by atoms with Gasteiger partial charge in [0.05, 0.1) is 17.5 Å². The summed E-state index contributed by atoms with van der Waals surface area (Å²) in [6, 6.07) is 20.0. The summed E-state index contributed by atoms with van der Waals surface area (Å²) < 4.78 is 7.87. The number of hydrogen-bond acceptors (Lipinski definition) is 5. The van der Waals surface area contributed by atoms with Crippen molar-refractivity contribution in [3.8, 4) is 0 Å². The van der Waals surface area contributed by atoms with Crippen LogP contribution in [0.15, 0.2) is 83.4 Å². The molecule has 2 aliphatic rings. The molecule has 0 saturated carbocycles. The number of rotatable bonds is 10. The first-order valence-corrected chi connectivity index (χ1v) is 15.5. The summed E-state index contributed by atoms with van der Waals surface area (Å²) in [6.45, 7) is 15.9. The summed E-state index contributed by atoms with van der Waals surface area (Å²) >= 11 is 1.24. The van der Waals surface area contributed by atoms with E-state index in [1.54, 1.807) is 14.1 Å². The maximum atomic E-state index is 5.33. The first kappa shape index (κ1) is 29.6. The summed E-state index contributed by atoms with van der Waals surface area (Å²) in [4.78, 5) is 8.66. The number of benzene rings is 3. The number of allylic oxidation sites excluding steroid dienone is 4. The van der Waals surface area contributed by atoms with Crippen molar-refractivity contribution in [2.75, 3.05) is 32.1 Å². The highest BCUT2D eigenvalue weighted by molar-refractivity contribution is 7.94. The van der Waals surface area contributed by atoms with Crippen molar-refractivity contribution >= 4 is 39.9 Å². The highest BCUT2D eigenvalue weighted by Crippen LogP contribution is 2.49. The normalized spacial score (nSPS) is 18.4. The van der Waals surface area contributed by atoms with Crippen molar-refractivity contribution in [2.45, 2.75) is 70.1 Å². The Morgan fingerprint density at radius 1 is 0.951 bits per heavy atom. The summed E-state index contributed by atoms with van der Waals surface area (Å²) in [5, 5.41) is 4.19. The number of fused-ring (bicyclic) bond motifs is 4. The lowest BCUT2D eigenvalue weighted by atomic mass is 9.79. The van der Waals surface area contributed by atoms with Gasteiger partial charge in [0.25, 0.3) is 0 Å². The molecule has 5 rings (SSSR count). The van der Waals surface area contributed by atoms with Crippen molar-refractivity contribution in [2.24, 2.45) is 0 Å². The average Bonchev–Trinajstić information content (AvgIpc) is 3.28. The van der Waals surface area contributed by atoms with Gasteiger partial charge < -0.3 is 4.90 Å². The Balaban J connectivity index is 1.51. The fourth-order valence-electron chi connectivity index (χ4n) is 6.52. The van der Waals surface area contributed by atoms with E-state index in [-0.39, 0.29) is 10.8 Å². The van der Waals surface area contributed by atoms with Gasteiger partial charge in [0.15, 0.2) is 5.71 Å². The van der Waals surface area contributed by atoms with E-state index in [1.807, 2.05) is 0 Å². The van der Waals surface area contributed by atoms with E-state index in [1.165, 1.54) is 61.8 Å². The van der Waals surface area contributed by atoms with Crippen LogP contribution >= 0.6 is 12.0 Å². The average molecular weight is 571 g/mol. The molecule has 5 nitrogen and oxygen atoms in total. The largest absolute Gasteiger partial charge is 0.344 e. The molecular formula is C35H44N3O2S+. The van der Waals surface area contributed by atoms with Crippen molar-refractivity contribution in [1.29, 1.82) is 0 Å². The van der Waals surface area contributed by atoms with E-state index in [0.717, 1.165) is 30.8 Å². The molecule has 3 aromatic rings. The van der Waals surface area contributed by atoms with Gasteiger partial charge >= 0.3 is 0 Å². The second-order valence-corrected chi connectivity index (χ2v) is 13.0. The molecular weight excluding hydrogens is 526 g/mol. The first-order valence-electron chi connectivity index (χ1n) is 14.8. The van der Waals surface area contributed by atoms with Crippen LogP contribution in [0.4, 0.5) is 11.4 Å². The Morgan fingerprint density at radius 2 is 1.73 bits per heavy atom. The molecule has 0 unspecified atom stereocenters. The lowest BCUT2D eigenvalue weighted by Gasteiger charge is -2.26. The molecule has 0 aromatic heterocycles. The molecule has 0 radical (unpaired) electrons. The number of nitrogens with zero attached hydrogens (tertiary/aromatic N) is 3. The van der Waals surface area contributed by atoms with E-state index in [9.17, 15) is 0 Å². The third-order valence-corrected chi connectivity index (χ3v) is 8.90. The number of hydrogen-bond donors (Lipinski definition) is 0. The molecule has 0 spiro atoms. The monoisotopic (exact) mass is 570 g/mol. The van der Waals surface area contributed by atoms with Gasteiger partial charge in [0, 0.05) is 66.5 Å². The van der Waals surface area contributed by atoms with Gasteiger partial charge in [-0.05, 0) is 66.9 Å². The van der Waals surface area contributed by atoms with Crippen LogP contribution in [-0.2, 0) is 20.2 Å². The maximum absolute atomic E-state index is 5.33. The molecule has 0 atom stereocenters. The zero-order valence-electron chi connectivity index (χ0n) is 25.8. The second-order valence-electron chi connectivity index (χ2n) is 12.2. The maximum Gasteiger partial charge on any atom is 0.210 e. The highest BCUT2D eigenvalue weighted by Gasteiger charge is 2.45. The molecule has 0 N–H and O–H groups in total. The van der Waals surface area contributed by atoms with Gasteiger partial charge in [-0.1, -0.05) is 58.0 Å². The van der Waals surface area contributed by atoms with Crippen molar-refractivity contribution in [1.82, 2.24) is 5.06 Å². The fraction of sp³-hybridized carbons (Fsp3) is 0.400. The Bertz CT molecular complexity index is 1530. The van der Waals surface area contributed by atoms with E-state index in [4.69, 9.17) is 9.32 Å². The second kappa shape index (κ2) is 11.8. The summed E-state index contributed by atoms with van der Waals surface area (Å²) in [6.07, 6.45) is 9.14. The first-order chi connectivity index (χ1) is 19.6. The zero-order valence-corrected chi connectivity index (χ0v) is 26.6. The minimum Gasteiger partial charge on any atom is -0.344 e. The van der Waals surface area contributed by atoms with Gasteiger partial charge in [0.1, 0.15) is 6.54 Å². The number of hydroxylamine groups is 2. The lowest BCUT2D eigenvalue weighted by Crippen LogP contribution is -2.28. The van der Waals surface area contributed by atoms with Gasteiger partial charge in [-0.3, -0.25) is 0 Å². The van der Waals surface area contributed by atoms with Crippen LogP contribution < -0.4 is 4.90 Å². The lowest BCUT2D eigenvalue weighted by molar-refractivity contribution is -0.437. The molecule has 2 heterocycles. The Kier molecular flexibility index (Phi) is 8.49. The van der Waals surface area contributed by atoms with E-state index in [2.05, 4.69) is 124 Å². The fourth-order valence-corrected chi connectivity index (χ4v) is 7.04. The zero-order chi connectivity index (χ0) is 29.4. The van der Waals surface area contributed by atoms with Crippen molar-refractivity contribution in [3.05, 3.63) is 89.6 Å². The summed E-state index contributed by atoms with van der Waals surface area (Å²) in [5.74, 6) is 0. The predicted octanol–water partition coefficient (Wildman–Crippen LogP) is 8.71. The molecule has 6 heteroatoms. The smallest absolute Gasteiger partial charge is 0.210 e. The molecule has 3 aromatic carbocycles. The molecule has 0 bridgehead atoms. The van der Waals surface area contributed by atoms with Crippen LogP contribution in [0.1, 0.15) is 65.5 Å². The molecule has 0 saturated heterocycles. The van der Waals surface area contributed by atoms with E-state index < -0.39 is 0 Å². The van der Waals surface area contributed by atoms with Gasteiger partial charge in [-0.15, -0.1) is 9.32 Å². The minimum absolute atomic E-state index is 0.0988. The molecule has 0 amide bonds. The molecule has 216 valence electrons. The predicted molar refractivity (Wildman–Crippen MR) is 173 cm³/mol. The molecule has 0 fully saturated rings. The third kappa shape index (κ3) is 5.39. The van der Waals surface area contributed by atoms with E-state index >= 15 is 0 Å². The molecule has 0 aliphatic carbocycles. The standard InChI is InChI=1S/C35H44N3O2S/c1-9-22-37-29-21-19-26(41-40-39-36(7)8)24-28(29)34(3,4)31(37)16-13-17-32-35(5,6)33-27-15-12-11-14-25(27)18-20-30(33)38(32)23-10-2/h11-21,24H,9-10,22-23H2,1-8H3/q+1. The van der Waals surface area contributed by atoms with Crippen LogP contribution in [-0.4, -0.2) is 42.5 Å². The molecule has 41 heavy (non-hydrogen) atoms. The Hall–Kier alpha value is -2.90. The van der Waals surface area contributed by atoms with Crippen LogP contribution in [0.3, 0.4) is 0 Å². The van der Waals surface area contributed by atoms with Gasteiger partial charge in [0.2, 0.25) is 5.69 Å². The topological polar surface area (TPSA) is 28.0 Å². The summed E-state index contributed by atoms with van der Waals surface area (Å²) in [5.41, 5.74) is 7.79. The third-order valence-electron chi connectivity index (χ3n) is 8.33. The van der Waals surface area contributed by atoms with E-state index in [0.29, 0.717) is 0 Å². The van der Waals surface area contributed by atoms with Crippen molar-refractivity contribution in [3.63, 3.8) is 0 Å². The van der Waals surface area contributed by atoms with Gasteiger partial charge in [-0.25, -0.2) is 0 Å². The van der Waals surface area contributed by atoms with Crippen LogP contribution in [0, 0.1) is 0 Å². The Labute approximate surface area is 250 Å². The van der Waals surface area contributed by atoms with Crippen molar-refractivity contribution < 1.29 is 13.9 Å². The highest BCUT2D eigenvalue weighted by atomic mass is 32.2.